The second kappa shape index (κ2) is 12.2. The first kappa shape index (κ1) is 25.2. The van der Waals surface area contributed by atoms with Gasteiger partial charge in [0.2, 0.25) is 0 Å². The molecule has 0 bridgehead atoms. The van der Waals surface area contributed by atoms with E-state index in [9.17, 15) is 9.59 Å². The van der Waals surface area contributed by atoms with Gasteiger partial charge in [-0.3, -0.25) is 14.6 Å². The van der Waals surface area contributed by atoms with Crippen molar-refractivity contribution in [2.75, 3.05) is 25.0 Å². The van der Waals surface area contributed by atoms with E-state index in [1.807, 2.05) is 30.3 Å². The van der Waals surface area contributed by atoms with Crippen molar-refractivity contribution < 1.29 is 14.3 Å². The molecular weight excluding hydrogens is 497 g/mol. The number of carbonyl (C=O) groups is 2. The van der Waals surface area contributed by atoms with Crippen LogP contribution in [0.25, 0.3) is 17.0 Å². The minimum atomic E-state index is -0.290. The van der Waals surface area contributed by atoms with Gasteiger partial charge in [-0.15, -0.1) is 0 Å². The van der Waals surface area contributed by atoms with E-state index < -0.39 is 0 Å². The minimum Gasteiger partial charge on any atom is -0.483 e. The smallest absolute Gasteiger partial charge is 0.258 e. The Labute approximate surface area is 218 Å². The number of pyridine rings is 1. The van der Waals surface area contributed by atoms with Crippen LogP contribution in [0.15, 0.2) is 85.1 Å². The Morgan fingerprint density at radius 3 is 2.53 bits per heavy atom. The van der Waals surface area contributed by atoms with Gasteiger partial charge in [0.25, 0.3) is 5.91 Å². The van der Waals surface area contributed by atoms with Crippen molar-refractivity contribution in [1.82, 2.24) is 10.3 Å². The lowest BCUT2D eigenvalue weighted by atomic mass is 10.1. The van der Waals surface area contributed by atoms with E-state index in [-0.39, 0.29) is 18.3 Å². The van der Waals surface area contributed by atoms with E-state index in [0.29, 0.717) is 34.4 Å². The third-order valence-electron chi connectivity index (χ3n) is 5.28. The highest BCUT2D eigenvalue weighted by Gasteiger charge is 2.11. The Morgan fingerprint density at radius 1 is 0.917 bits per heavy atom. The van der Waals surface area contributed by atoms with Gasteiger partial charge in [-0.2, -0.15) is 0 Å². The molecule has 0 atom stereocenters. The number of ether oxygens (including phenoxy) is 1. The van der Waals surface area contributed by atoms with Crippen LogP contribution in [0.5, 0.6) is 5.75 Å². The number of hydrogen-bond donors (Lipinski definition) is 2. The molecule has 8 heteroatoms. The number of anilines is 1. The molecule has 0 aliphatic carbocycles. The summed E-state index contributed by atoms with van der Waals surface area (Å²) in [6.45, 7) is 0.698. The molecule has 0 saturated carbocycles. The summed E-state index contributed by atoms with van der Waals surface area (Å²) in [5.74, 6) is -0.170. The van der Waals surface area contributed by atoms with Gasteiger partial charge in [0.15, 0.2) is 12.4 Å². The standard InChI is InChI=1S/C28H23Cl2N3O3/c29-20-8-5-19(6-9-20)7-12-26(34)23-3-1-2-4-27(23)36-18-28(35)33-16-15-32-24-13-14-31-25-17-21(30)10-11-22(24)25/h1-14,17H,15-16,18H2,(H,31,32)(H,33,35)/b12-7+. The van der Waals surface area contributed by atoms with Crippen LogP contribution in [-0.2, 0) is 4.79 Å². The van der Waals surface area contributed by atoms with Crippen LogP contribution < -0.4 is 15.4 Å². The SMILES string of the molecule is O=C(COc1ccccc1C(=O)/C=C/c1ccc(Cl)cc1)NCCNc1ccnc2cc(Cl)ccc12. The molecule has 0 unspecified atom stereocenters. The number of rotatable bonds is 10. The number of aromatic nitrogens is 1. The van der Waals surface area contributed by atoms with Crippen molar-refractivity contribution in [2.24, 2.45) is 0 Å². The predicted molar refractivity (Wildman–Crippen MR) is 145 cm³/mol. The molecule has 2 N–H and O–H groups in total. The number of hydrogen-bond acceptors (Lipinski definition) is 5. The zero-order chi connectivity index (χ0) is 25.3. The Bertz CT molecular complexity index is 1410. The summed E-state index contributed by atoms with van der Waals surface area (Å²) < 4.78 is 5.65. The van der Waals surface area contributed by atoms with Gasteiger partial charge in [-0.25, -0.2) is 0 Å². The quantitative estimate of drug-likeness (QED) is 0.151. The average Bonchev–Trinajstić information content (AvgIpc) is 2.89. The molecule has 0 radical (unpaired) electrons. The number of halogens is 2. The van der Waals surface area contributed by atoms with E-state index in [1.165, 1.54) is 6.08 Å². The van der Waals surface area contributed by atoms with Crippen molar-refractivity contribution in [2.45, 2.75) is 0 Å². The number of nitrogens with one attached hydrogen (secondary N) is 2. The molecule has 36 heavy (non-hydrogen) atoms. The molecule has 182 valence electrons. The fourth-order valence-electron chi connectivity index (χ4n) is 3.50. The Hall–Kier alpha value is -3.87. The van der Waals surface area contributed by atoms with E-state index in [2.05, 4.69) is 15.6 Å². The van der Waals surface area contributed by atoms with Crippen LogP contribution >= 0.6 is 23.2 Å². The Morgan fingerprint density at radius 2 is 1.69 bits per heavy atom. The fourth-order valence-corrected chi connectivity index (χ4v) is 3.79. The van der Waals surface area contributed by atoms with Crippen molar-refractivity contribution in [3.63, 3.8) is 0 Å². The normalized spacial score (nSPS) is 10.9. The second-order valence-corrected chi connectivity index (χ2v) is 8.70. The van der Waals surface area contributed by atoms with Crippen molar-refractivity contribution in [3.8, 4) is 5.75 Å². The first-order valence-corrected chi connectivity index (χ1v) is 12.0. The first-order valence-electron chi connectivity index (χ1n) is 11.2. The lowest BCUT2D eigenvalue weighted by molar-refractivity contribution is -0.123. The number of amides is 1. The molecule has 1 heterocycles. The number of allylic oxidation sites excluding steroid dienone is 1. The van der Waals surface area contributed by atoms with Crippen molar-refractivity contribution >= 4 is 57.6 Å². The number of ketones is 1. The number of benzene rings is 3. The van der Waals surface area contributed by atoms with Crippen LogP contribution in [0.2, 0.25) is 10.0 Å². The van der Waals surface area contributed by atoms with Gasteiger partial charge < -0.3 is 15.4 Å². The molecule has 0 fully saturated rings. The predicted octanol–water partition coefficient (Wildman–Crippen LogP) is 6.04. The number of carbonyl (C=O) groups excluding carboxylic acids is 2. The van der Waals surface area contributed by atoms with E-state index in [0.717, 1.165) is 22.2 Å². The molecule has 4 aromatic rings. The summed E-state index contributed by atoms with van der Waals surface area (Å²) in [4.78, 5) is 29.3. The Balaban J connectivity index is 1.27. The molecule has 1 aromatic heterocycles. The first-order chi connectivity index (χ1) is 17.5. The summed E-state index contributed by atoms with van der Waals surface area (Å²) in [5, 5.41) is 8.30. The molecule has 0 aliphatic rings. The highest BCUT2D eigenvalue weighted by atomic mass is 35.5. The summed E-state index contributed by atoms with van der Waals surface area (Å²) in [7, 11) is 0. The summed E-state index contributed by atoms with van der Waals surface area (Å²) >= 11 is 11.9. The van der Waals surface area contributed by atoms with E-state index in [1.54, 1.807) is 54.7 Å². The maximum absolute atomic E-state index is 12.7. The fraction of sp³-hybridized carbons (Fsp3) is 0.107. The summed E-state index contributed by atoms with van der Waals surface area (Å²) in [6, 6.07) is 21.4. The van der Waals surface area contributed by atoms with Crippen LogP contribution in [0.4, 0.5) is 5.69 Å². The van der Waals surface area contributed by atoms with Gasteiger partial charge in [0.1, 0.15) is 5.75 Å². The minimum absolute atomic E-state index is 0.206. The lowest BCUT2D eigenvalue weighted by Gasteiger charge is -2.12. The van der Waals surface area contributed by atoms with Crippen LogP contribution in [0, 0.1) is 0 Å². The third kappa shape index (κ3) is 6.84. The number of para-hydroxylation sites is 1. The molecular formula is C28H23Cl2N3O3. The van der Waals surface area contributed by atoms with Crippen LogP contribution in [-0.4, -0.2) is 36.4 Å². The zero-order valence-electron chi connectivity index (χ0n) is 19.2. The average molecular weight is 520 g/mol. The van der Waals surface area contributed by atoms with Gasteiger partial charge >= 0.3 is 0 Å². The van der Waals surface area contributed by atoms with Crippen LogP contribution in [0.3, 0.4) is 0 Å². The topological polar surface area (TPSA) is 80.3 Å². The van der Waals surface area contributed by atoms with Gasteiger partial charge in [0.05, 0.1) is 11.1 Å². The highest BCUT2D eigenvalue weighted by Crippen LogP contribution is 2.24. The lowest BCUT2D eigenvalue weighted by Crippen LogP contribution is -2.32. The molecule has 0 saturated heterocycles. The molecule has 0 aliphatic heterocycles. The van der Waals surface area contributed by atoms with Crippen molar-refractivity contribution in [1.29, 1.82) is 0 Å². The Kier molecular flexibility index (Phi) is 8.55. The molecule has 4 rings (SSSR count). The highest BCUT2D eigenvalue weighted by molar-refractivity contribution is 6.31. The number of fused-ring (bicyclic) bond motifs is 1. The zero-order valence-corrected chi connectivity index (χ0v) is 20.7. The maximum Gasteiger partial charge on any atom is 0.258 e. The van der Waals surface area contributed by atoms with E-state index in [4.69, 9.17) is 27.9 Å². The van der Waals surface area contributed by atoms with Crippen molar-refractivity contribution in [3.05, 3.63) is 106 Å². The van der Waals surface area contributed by atoms with E-state index >= 15 is 0 Å². The summed E-state index contributed by atoms with van der Waals surface area (Å²) in [6.07, 6.45) is 4.88. The molecule has 3 aromatic carbocycles. The number of nitrogens with zero attached hydrogens (tertiary/aromatic N) is 1. The molecule has 1 amide bonds. The van der Waals surface area contributed by atoms with Gasteiger partial charge in [0, 0.05) is 40.4 Å². The summed E-state index contributed by atoms with van der Waals surface area (Å²) in [5.41, 5.74) is 2.92. The maximum atomic E-state index is 12.7. The van der Waals surface area contributed by atoms with Gasteiger partial charge in [-0.05, 0) is 60.2 Å². The second-order valence-electron chi connectivity index (χ2n) is 7.83. The third-order valence-corrected chi connectivity index (χ3v) is 5.76. The van der Waals surface area contributed by atoms with Gasteiger partial charge in [-0.1, -0.05) is 53.5 Å². The monoisotopic (exact) mass is 519 g/mol. The largest absolute Gasteiger partial charge is 0.483 e. The van der Waals surface area contributed by atoms with Crippen LogP contribution in [0.1, 0.15) is 15.9 Å². The molecule has 0 spiro atoms. The molecule has 6 nitrogen and oxygen atoms in total.